The maximum absolute atomic E-state index is 12.9. The Morgan fingerprint density at radius 1 is 1.04 bits per heavy atom. The number of H-pyrrole nitrogens is 1. The molecule has 2 aromatic heterocycles. The van der Waals surface area contributed by atoms with Crippen LogP contribution in [0.25, 0.3) is 22.4 Å². The van der Waals surface area contributed by atoms with Gasteiger partial charge >= 0.3 is 0 Å². The van der Waals surface area contributed by atoms with Gasteiger partial charge in [-0.1, -0.05) is 0 Å². The van der Waals surface area contributed by atoms with E-state index in [0.717, 1.165) is 37.0 Å². The van der Waals surface area contributed by atoms with Crippen molar-refractivity contribution >= 4 is 22.8 Å². The SMILES string of the molecule is CN1CCC(N2C(=O)c3cc4nc(-c5cncnc5)[nH]c4cc3C2=O)CC1. The number of imidazole rings is 1. The van der Waals surface area contributed by atoms with E-state index in [1.807, 2.05) is 0 Å². The Morgan fingerprint density at radius 2 is 1.70 bits per heavy atom. The van der Waals surface area contributed by atoms with E-state index in [4.69, 9.17) is 0 Å². The first kappa shape index (κ1) is 16.1. The fraction of sp³-hybridized carbons (Fsp3) is 0.316. The topological polar surface area (TPSA) is 95.1 Å². The molecule has 0 radical (unpaired) electrons. The molecule has 2 aliphatic rings. The molecular weight excluding hydrogens is 344 g/mol. The van der Waals surface area contributed by atoms with Gasteiger partial charge < -0.3 is 9.88 Å². The molecule has 0 unspecified atom stereocenters. The van der Waals surface area contributed by atoms with E-state index in [2.05, 4.69) is 31.9 Å². The van der Waals surface area contributed by atoms with Gasteiger partial charge in [0.2, 0.25) is 0 Å². The monoisotopic (exact) mass is 362 g/mol. The summed E-state index contributed by atoms with van der Waals surface area (Å²) in [4.78, 5) is 45.3. The summed E-state index contributed by atoms with van der Waals surface area (Å²) in [5.41, 5.74) is 3.01. The molecule has 1 aromatic carbocycles. The molecule has 8 nitrogen and oxygen atoms in total. The predicted octanol–water partition coefficient (Wildman–Crippen LogP) is 1.71. The van der Waals surface area contributed by atoms with Crippen molar-refractivity contribution in [2.45, 2.75) is 18.9 Å². The third-order valence-electron chi connectivity index (χ3n) is 5.41. The number of carbonyl (C=O) groups excluding carboxylic acids is 2. The Kier molecular flexibility index (Phi) is 3.54. The molecule has 5 rings (SSSR count). The van der Waals surface area contributed by atoms with E-state index < -0.39 is 0 Å². The molecule has 1 fully saturated rings. The van der Waals surface area contributed by atoms with Crippen LogP contribution in [0.1, 0.15) is 33.6 Å². The summed E-state index contributed by atoms with van der Waals surface area (Å²) in [7, 11) is 2.06. The lowest BCUT2D eigenvalue weighted by molar-refractivity contribution is 0.0516. The van der Waals surface area contributed by atoms with Crippen molar-refractivity contribution in [3.63, 3.8) is 0 Å². The number of likely N-dealkylation sites (tertiary alicyclic amines) is 1. The van der Waals surface area contributed by atoms with Crippen LogP contribution in [-0.4, -0.2) is 67.7 Å². The smallest absolute Gasteiger partial charge is 0.261 e. The number of rotatable bonds is 2. The number of aromatic amines is 1. The van der Waals surface area contributed by atoms with E-state index in [1.54, 1.807) is 24.5 Å². The number of benzene rings is 1. The molecule has 1 saturated heterocycles. The predicted molar refractivity (Wildman–Crippen MR) is 98.1 cm³/mol. The zero-order chi connectivity index (χ0) is 18.5. The largest absolute Gasteiger partial charge is 0.338 e. The number of fused-ring (bicyclic) bond motifs is 2. The van der Waals surface area contributed by atoms with Gasteiger partial charge in [-0.3, -0.25) is 14.5 Å². The Balaban J connectivity index is 1.52. The summed E-state index contributed by atoms with van der Waals surface area (Å²) in [5, 5.41) is 0. The number of amides is 2. The normalized spacial score (nSPS) is 18.5. The number of aromatic nitrogens is 4. The highest BCUT2D eigenvalue weighted by atomic mass is 16.2. The molecule has 0 spiro atoms. The molecule has 1 N–H and O–H groups in total. The number of carbonyl (C=O) groups is 2. The van der Waals surface area contributed by atoms with Crippen LogP contribution in [0.15, 0.2) is 30.9 Å². The van der Waals surface area contributed by atoms with Crippen molar-refractivity contribution in [1.29, 1.82) is 0 Å². The third kappa shape index (κ3) is 2.52. The molecule has 3 aromatic rings. The summed E-state index contributed by atoms with van der Waals surface area (Å²) in [6.45, 7) is 1.78. The first-order chi connectivity index (χ1) is 13.1. The van der Waals surface area contributed by atoms with E-state index in [1.165, 1.54) is 11.2 Å². The lowest BCUT2D eigenvalue weighted by atomic mass is 10.0. The molecule has 136 valence electrons. The Hall–Kier alpha value is -3.13. The summed E-state index contributed by atoms with van der Waals surface area (Å²) >= 11 is 0. The molecule has 4 heterocycles. The molecule has 27 heavy (non-hydrogen) atoms. The molecular formula is C19H18N6O2. The molecule has 2 amide bonds. The summed E-state index contributed by atoms with van der Waals surface area (Å²) in [5.74, 6) is 0.200. The van der Waals surface area contributed by atoms with Gasteiger partial charge in [-0.2, -0.15) is 0 Å². The fourth-order valence-electron chi connectivity index (χ4n) is 3.91. The minimum Gasteiger partial charge on any atom is -0.338 e. The van der Waals surface area contributed by atoms with Gasteiger partial charge in [-0.05, 0) is 45.1 Å². The van der Waals surface area contributed by atoms with E-state index in [9.17, 15) is 9.59 Å². The van der Waals surface area contributed by atoms with E-state index in [-0.39, 0.29) is 17.9 Å². The number of nitrogens with one attached hydrogen (secondary N) is 1. The van der Waals surface area contributed by atoms with Gasteiger partial charge in [-0.15, -0.1) is 0 Å². The van der Waals surface area contributed by atoms with Crippen molar-refractivity contribution in [2.75, 3.05) is 20.1 Å². The van der Waals surface area contributed by atoms with Crippen molar-refractivity contribution < 1.29 is 9.59 Å². The number of imide groups is 1. The number of piperidine rings is 1. The highest BCUT2D eigenvalue weighted by Crippen LogP contribution is 2.31. The van der Waals surface area contributed by atoms with Crippen LogP contribution in [0.3, 0.4) is 0 Å². The summed E-state index contributed by atoms with van der Waals surface area (Å²) < 4.78 is 0. The quantitative estimate of drug-likeness (QED) is 0.698. The average molecular weight is 362 g/mol. The van der Waals surface area contributed by atoms with Crippen LogP contribution in [-0.2, 0) is 0 Å². The zero-order valence-corrected chi connectivity index (χ0v) is 14.8. The minimum atomic E-state index is -0.209. The maximum atomic E-state index is 12.9. The zero-order valence-electron chi connectivity index (χ0n) is 14.8. The second-order valence-corrected chi connectivity index (χ2v) is 7.14. The van der Waals surface area contributed by atoms with Gasteiger partial charge in [0.15, 0.2) is 0 Å². The highest BCUT2D eigenvalue weighted by molar-refractivity contribution is 6.23. The van der Waals surface area contributed by atoms with Crippen LogP contribution < -0.4 is 0 Å². The minimum absolute atomic E-state index is 0.0306. The maximum Gasteiger partial charge on any atom is 0.261 e. The molecule has 2 aliphatic heterocycles. The molecule has 8 heteroatoms. The standard InChI is InChI=1S/C19H18N6O2/c1-24-4-2-12(3-5-24)25-18(26)13-6-15-16(7-14(13)19(25)27)23-17(22-15)11-8-20-10-21-9-11/h6-10,12H,2-5H2,1H3,(H,22,23). The molecule has 0 bridgehead atoms. The second kappa shape index (κ2) is 5.95. The van der Waals surface area contributed by atoms with Gasteiger partial charge in [-0.25, -0.2) is 15.0 Å². The molecule has 0 aliphatic carbocycles. The van der Waals surface area contributed by atoms with Crippen LogP contribution in [0.5, 0.6) is 0 Å². The van der Waals surface area contributed by atoms with Crippen LogP contribution in [0.2, 0.25) is 0 Å². The second-order valence-electron chi connectivity index (χ2n) is 7.14. The van der Waals surface area contributed by atoms with Crippen molar-refractivity contribution in [3.05, 3.63) is 42.0 Å². The van der Waals surface area contributed by atoms with E-state index in [0.29, 0.717) is 22.5 Å². The van der Waals surface area contributed by atoms with Gasteiger partial charge in [0.05, 0.1) is 27.7 Å². The first-order valence-electron chi connectivity index (χ1n) is 8.97. The lowest BCUT2D eigenvalue weighted by Crippen LogP contribution is -2.46. The number of hydrogen-bond donors (Lipinski definition) is 1. The van der Waals surface area contributed by atoms with Crippen molar-refractivity contribution in [3.8, 4) is 11.4 Å². The third-order valence-corrected chi connectivity index (χ3v) is 5.41. The van der Waals surface area contributed by atoms with Gasteiger partial charge in [0.25, 0.3) is 11.8 Å². The number of hydrogen-bond acceptors (Lipinski definition) is 6. The van der Waals surface area contributed by atoms with Crippen LogP contribution in [0, 0.1) is 0 Å². The fourth-order valence-corrected chi connectivity index (χ4v) is 3.91. The molecule has 0 atom stereocenters. The first-order valence-corrected chi connectivity index (χ1v) is 8.97. The summed E-state index contributed by atoms with van der Waals surface area (Å²) in [6, 6.07) is 3.42. The van der Waals surface area contributed by atoms with Gasteiger partial charge in [0, 0.05) is 18.4 Å². The lowest BCUT2D eigenvalue weighted by Gasteiger charge is -2.33. The van der Waals surface area contributed by atoms with Crippen molar-refractivity contribution in [2.24, 2.45) is 0 Å². The van der Waals surface area contributed by atoms with E-state index >= 15 is 0 Å². The molecule has 0 saturated carbocycles. The average Bonchev–Trinajstić information content (AvgIpc) is 3.21. The summed E-state index contributed by atoms with van der Waals surface area (Å²) in [6.07, 6.45) is 6.41. The highest BCUT2D eigenvalue weighted by Gasteiger charge is 2.41. The van der Waals surface area contributed by atoms with Crippen LogP contribution in [0.4, 0.5) is 0 Å². The van der Waals surface area contributed by atoms with Crippen molar-refractivity contribution in [1.82, 2.24) is 29.7 Å². The van der Waals surface area contributed by atoms with Gasteiger partial charge in [0.1, 0.15) is 12.2 Å². The Morgan fingerprint density at radius 3 is 2.41 bits per heavy atom. The Labute approximate surface area is 155 Å². The van der Waals surface area contributed by atoms with Crippen LogP contribution >= 0.6 is 0 Å². The Bertz CT molecular complexity index is 1000. The number of nitrogens with zero attached hydrogens (tertiary/aromatic N) is 5.